The second-order valence-electron chi connectivity index (χ2n) is 4.40. The molecule has 1 nitrogen and oxygen atoms in total. The van der Waals surface area contributed by atoms with Gasteiger partial charge in [-0.25, -0.2) is 0 Å². The Kier molecular flexibility index (Phi) is 2.70. The summed E-state index contributed by atoms with van der Waals surface area (Å²) < 4.78 is 1.15. The van der Waals surface area contributed by atoms with Crippen LogP contribution in [0.4, 0.5) is 0 Å². The first-order valence-corrected chi connectivity index (χ1v) is 6.53. The number of halogens is 1. The lowest BCUT2D eigenvalue weighted by molar-refractivity contribution is 0.770. The van der Waals surface area contributed by atoms with Gasteiger partial charge in [0.15, 0.2) is 0 Å². The van der Waals surface area contributed by atoms with E-state index in [0.29, 0.717) is 5.92 Å². The van der Waals surface area contributed by atoms with Crippen molar-refractivity contribution in [2.75, 3.05) is 13.1 Å². The van der Waals surface area contributed by atoms with E-state index >= 15 is 0 Å². The summed E-state index contributed by atoms with van der Waals surface area (Å²) in [6.07, 6.45) is 1.26. The summed E-state index contributed by atoms with van der Waals surface area (Å²) in [4.78, 5) is 0. The number of hydrogen-bond acceptors (Lipinski definition) is 1. The summed E-state index contributed by atoms with van der Waals surface area (Å²) in [7, 11) is 0. The highest BCUT2D eigenvalue weighted by Gasteiger charge is 2.18. The largest absolute Gasteiger partial charge is 0.316 e. The lowest BCUT2D eigenvalue weighted by Gasteiger charge is -2.12. The Hall–Kier alpha value is -0.860. The number of nitrogens with one attached hydrogen (secondary N) is 1. The molecular weight excluding hydrogens is 262 g/mol. The van der Waals surface area contributed by atoms with Gasteiger partial charge in [-0.2, -0.15) is 0 Å². The molecule has 0 radical (unpaired) electrons. The van der Waals surface area contributed by atoms with E-state index in [1.54, 1.807) is 0 Å². The van der Waals surface area contributed by atoms with Gasteiger partial charge in [-0.05, 0) is 47.4 Å². The predicted molar refractivity (Wildman–Crippen MR) is 71.9 cm³/mol. The van der Waals surface area contributed by atoms with Crippen molar-refractivity contribution in [2.24, 2.45) is 0 Å². The molecular formula is C14H14BrN. The van der Waals surface area contributed by atoms with Gasteiger partial charge in [-0.3, -0.25) is 0 Å². The summed E-state index contributed by atoms with van der Waals surface area (Å²) in [5.41, 5.74) is 1.50. The fraction of sp³-hybridized carbons (Fsp3) is 0.286. The Morgan fingerprint density at radius 2 is 2.12 bits per heavy atom. The van der Waals surface area contributed by atoms with Crippen LogP contribution in [0, 0.1) is 0 Å². The monoisotopic (exact) mass is 275 g/mol. The Labute approximate surface area is 104 Å². The van der Waals surface area contributed by atoms with Gasteiger partial charge in [0, 0.05) is 11.0 Å². The van der Waals surface area contributed by atoms with Gasteiger partial charge in [0.05, 0.1) is 0 Å². The lowest BCUT2D eigenvalue weighted by Crippen LogP contribution is -2.08. The standard InChI is InChI=1S/C14H14BrN/c15-12-4-5-14-10(8-12)2-1-3-13(14)11-6-7-16-9-11/h1-5,8,11,16H,6-7,9H2. The van der Waals surface area contributed by atoms with Crippen molar-refractivity contribution in [3.05, 3.63) is 46.4 Å². The van der Waals surface area contributed by atoms with Crippen molar-refractivity contribution in [1.29, 1.82) is 0 Å². The minimum absolute atomic E-state index is 0.685. The molecule has 2 aromatic carbocycles. The minimum Gasteiger partial charge on any atom is -0.316 e. The van der Waals surface area contributed by atoms with Crippen LogP contribution in [0.3, 0.4) is 0 Å². The van der Waals surface area contributed by atoms with Crippen LogP contribution in [0.5, 0.6) is 0 Å². The van der Waals surface area contributed by atoms with Crippen molar-refractivity contribution in [3.8, 4) is 0 Å². The Bertz CT molecular complexity index is 515. The topological polar surface area (TPSA) is 12.0 Å². The Morgan fingerprint density at radius 3 is 2.94 bits per heavy atom. The molecule has 1 atom stereocenters. The highest BCUT2D eigenvalue weighted by Crippen LogP contribution is 2.30. The van der Waals surface area contributed by atoms with Gasteiger partial charge in [0.1, 0.15) is 0 Å². The van der Waals surface area contributed by atoms with Crippen molar-refractivity contribution in [1.82, 2.24) is 5.32 Å². The van der Waals surface area contributed by atoms with Crippen LogP contribution in [0.2, 0.25) is 0 Å². The van der Waals surface area contributed by atoms with Crippen LogP contribution in [-0.4, -0.2) is 13.1 Å². The molecule has 82 valence electrons. The normalized spacial score (nSPS) is 20.4. The first kappa shape index (κ1) is 10.3. The molecule has 1 unspecified atom stereocenters. The molecule has 0 spiro atoms. The van der Waals surface area contributed by atoms with Gasteiger partial charge < -0.3 is 5.32 Å². The molecule has 1 aliphatic rings. The molecule has 1 heterocycles. The molecule has 0 aromatic heterocycles. The predicted octanol–water partition coefficient (Wildman–Crippen LogP) is 3.68. The fourth-order valence-corrected chi connectivity index (χ4v) is 2.93. The first-order chi connectivity index (χ1) is 7.84. The highest BCUT2D eigenvalue weighted by molar-refractivity contribution is 9.10. The fourth-order valence-electron chi connectivity index (χ4n) is 2.56. The molecule has 1 aliphatic heterocycles. The van der Waals surface area contributed by atoms with E-state index in [9.17, 15) is 0 Å². The average molecular weight is 276 g/mol. The van der Waals surface area contributed by atoms with Crippen LogP contribution < -0.4 is 5.32 Å². The second-order valence-corrected chi connectivity index (χ2v) is 5.32. The van der Waals surface area contributed by atoms with Crippen LogP contribution in [0.15, 0.2) is 40.9 Å². The van der Waals surface area contributed by atoms with Crippen molar-refractivity contribution in [2.45, 2.75) is 12.3 Å². The summed E-state index contributed by atoms with van der Waals surface area (Å²) in [6, 6.07) is 13.2. The third kappa shape index (κ3) is 1.76. The van der Waals surface area contributed by atoms with Crippen molar-refractivity contribution >= 4 is 26.7 Å². The maximum Gasteiger partial charge on any atom is 0.0181 e. The van der Waals surface area contributed by atoms with Gasteiger partial charge in [0.25, 0.3) is 0 Å². The van der Waals surface area contributed by atoms with E-state index in [1.807, 2.05) is 0 Å². The van der Waals surface area contributed by atoms with Crippen LogP contribution >= 0.6 is 15.9 Å². The molecule has 1 fully saturated rings. The first-order valence-electron chi connectivity index (χ1n) is 5.73. The van der Waals surface area contributed by atoms with Crippen LogP contribution in [0.1, 0.15) is 17.9 Å². The molecule has 3 rings (SSSR count). The maximum absolute atomic E-state index is 3.53. The molecule has 16 heavy (non-hydrogen) atoms. The Balaban J connectivity index is 2.16. The van der Waals surface area contributed by atoms with E-state index in [-0.39, 0.29) is 0 Å². The molecule has 0 bridgehead atoms. The van der Waals surface area contributed by atoms with E-state index in [4.69, 9.17) is 0 Å². The van der Waals surface area contributed by atoms with Crippen LogP contribution in [0.25, 0.3) is 10.8 Å². The van der Waals surface area contributed by atoms with Gasteiger partial charge >= 0.3 is 0 Å². The summed E-state index contributed by atoms with van der Waals surface area (Å²) in [5.74, 6) is 0.685. The number of rotatable bonds is 1. The van der Waals surface area contributed by atoms with E-state index in [0.717, 1.165) is 17.6 Å². The summed E-state index contributed by atoms with van der Waals surface area (Å²) in [6.45, 7) is 2.27. The molecule has 2 aromatic rings. The second kappa shape index (κ2) is 4.19. The number of fused-ring (bicyclic) bond motifs is 1. The molecule has 1 N–H and O–H groups in total. The van der Waals surface area contributed by atoms with Gasteiger partial charge in [-0.1, -0.05) is 40.2 Å². The lowest BCUT2D eigenvalue weighted by atomic mass is 9.93. The Morgan fingerprint density at radius 1 is 1.19 bits per heavy atom. The van der Waals surface area contributed by atoms with E-state index in [2.05, 4.69) is 57.6 Å². The smallest absolute Gasteiger partial charge is 0.0181 e. The van der Waals surface area contributed by atoms with E-state index in [1.165, 1.54) is 22.8 Å². The maximum atomic E-state index is 3.53. The molecule has 0 amide bonds. The average Bonchev–Trinajstić information content (AvgIpc) is 2.81. The highest BCUT2D eigenvalue weighted by atomic mass is 79.9. The van der Waals surface area contributed by atoms with Gasteiger partial charge in [0.2, 0.25) is 0 Å². The number of benzene rings is 2. The zero-order chi connectivity index (χ0) is 11.0. The third-order valence-corrected chi connectivity index (χ3v) is 3.87. The molecule has 1 saturated heterocycles. The SMILES string of the molecule is Brc1ccc2c(C3CCNC3)cccc2c1. The van der Waals surface area contributed by atoms with Crippen LogP contribution in [-0.2, 0) is 0 Å². The van der Waals surface area contributed by atoms with E-state index < -0.39 is 0 Å². The zero-order valence-electron chi connectivity index (χ0n) is 9.04. The zero-order valence-corrected chi connectivity index (χ0v) is 10.6. The summed E-state index contributed by atoms with van der Waals surface area (Å²) in [5, 5.41) is 6.17. The third-order valence-electron chi connectivity index (χ3n) is 3.38. The molecule has 2 heteroatoms. The summed E-state index contributed by atoms with van der Waals surface area (Å²) >= 11 is 3.53. The van der Waals surface area contributed by atoms with Crippen molar-refractivity contribution in [3.63, 3.8) is 0 Å². The number of hydrogen-bond donors (Lipinski definition) is 1. The minimum atomic E-state index is 0.685. The van der Waals surface area contributed by atoms with Crippen molar-refractivity contribution < 1.29 is 0 Å². The van der Waals surface area contributed by atoms with Gasteiger partial charge in [-0.15, -0.1) is 0 Å². The molecule has 0 aliphatic carbocycles. The quantitative estimate of drug-likeness (QED) is 0.837. The molecule has 0 saturated carbocycles.